The van der Waals surface area contributed by atoms with Crippen LogP contribution in [0.3, 0.4) is 0 Å². The largest absolute Gasteiger partial charge is 0.490 e. The van der Waals surface area contributed by atoms with Gasteiger partial charge in [-0.2, -0.15) is 0 Å². The quantitative estimate of drug-likeness (QED) is 0.285. The summed E-state index contributed by atoms with van der Waals surface area (Å²) in [5.74, 6) is 1.73. The molecule has 0 fully saturated rings. The van der Waals surface area contributed by atoms with Crippen LogP contribution in [0.4, 0.5) is 4.39 Å². The van der Waals surface area contributed by atoms with E-state index in [9.17, 15) is 4.39 Å². The monoisotopic (exact) mass is 501 g/mol. The number of nitrogens with zero attached hydrogens (tertiary/aromatic N) is 4. The summed E-state index contributed by atoms with van der Waals surface area (Å²) in [5.41, 5.74) is 1.85. The number of hydrogen-bond acceptors (Lipinski definition) is 7. The van der Waals surface area contributed by atoms with Crippen LogP contribution < -0.4 is 14.8 Å². The smallest absolute Gasteiger partial charge is 0.209 e. The highest BCUT2D eigenvalue weighted by Gasteiger charge is 2.13. The Morgan fingerprint density at radius 1 is 1.16 bits per heavy atom. The van der Waals surface area contributed by atoms with Gasteiger partial charge in [-0.3, -0.25) is 0 Å². The minimum Gasteiger partial charge on any atom is -0.490 e. The van der Waals surface area contributed by atoms with Crippen LogP contribution in [-0.4, -0.2) is 39.1 Å². The van der Waals surface area contributed by atoms with Gasteiger partial charge in [0.25, 0.3) is 0 Å². The average Bonchev–Trinajstić information content (AvgIpc) is 3.16. The van der Waals surface area contributed by atoms with E-state index in [1.54, 1.807) is 28.6 Å². The lowest BCUT2D eigenvalue weighted by molar-refractivity contribution is 0.269. The molecule has 11 heteroatoms. The van der Waals surface area contributed by atoms with E-state index in [-0.39, 0.29) is 24.8 Å². The van der Waals surface area contributed by atoms with Crippen LogP contribution in [0.2, 0.25) is 5.02 Å². The third-order valence-electron chi connectivity index (χ3n) is 4.31. The molecule has 0 amide bonds. The molecule has 0 aliphatic carbocycles. The van der Waals surface area contributed by atoms with Crippen LogP contribution in [0.15, 0.2) is 41.6 Å². The van der Waals surface area contributed by atoms with Gasteiger partial charge in [-0.25, -0.2) is 9.07 Å². The van der Waals surface area contributed by atoms with E-state index in [2.05, 4.69) is 20.8 Å². The van der Waals surface area contributed by atoms with Crippen molar-refractivity contribution in [1.29, 1.82) is 0 Å². The van der Waals surface area contributed by atoms with E-state index in [1.807, 2.05) is 26.1 Å². The van der Waals surface area contributed by atoms with Crippen molar-refractivity contribution >= 4 is 35.8 Å². The van der Waals surface area contributed by atoms with Gasteiger partial charge < -0.3 is 14.8 Å². The molecule has 0 saturated heterocycles. The number of tetrazole rings is 1. The molecule has 3 rings (SSSR count). The van der Waals surface area contributed by atoms with Gasteiger partial charge in [-0.05, 0) is 65.7 Å². The Morgan fingerprint density at radius 2 is 1.94 bits per heavy atom. The maximum Gasteiger partial charge on any atom is 0.209 e. The van der Waals surface area contributed by atoms with Crippen molar-refractivity contribution in [2.45, 2.75) is 31.7 Å². The summed E-state index contributed by atoms with van der Waals surface area (Å²) in [4.78, 5) is 0. The van der Waals surface area contributed by atoms with E-state index < -0.39 is 0 Å². The summed E-state index contributed by atoms with van der Waals surface area (Å²) in [6.07, 6.45) is 0.975. The third kappa shape index (κ3) is 7.81. The lowest BCUT2D eigenvalue weighted by Crippen LogP contribution is -2.15. The lowest BCUT2D eigenvalue weighted by Gasteiger charge is -2.16. The van der Waals surface area contributed by atoms with Gasteiger partial charge >= 0.3 is 0 Å². The normalized spacial score (nSPS) is 10.6. The highest BCUT2D eigenvalue weighted by Crippen LogP contribution is 2.37. The molecule has 0 aliphatic heterocycles. The topological polar surface area (TPSA) is 74.1 Å². The SMILES string of the molecule is CCOc1cc(CNCCCSc2nnnn2C)cc(Cl)c1OCc1ccc(F)cc1.Cl. The molecule has 2 aromatic carbocycles. The first-order chi connectivity index (χ1) is 15.1. The van der Waals surface area contributed by atoms with Gasteiger partial charge in [0.15, 0.2) is 11.5 Å². The maximum absolute atomic E-state index is 13.1. The standard InChI is InChI=1S/C21H25ClFN5O2S.ClH/c1-3-29-19-12-16(13-24-9-4-10-31-21-25-26-27-28(21)2)11-18(22)20(19)30-14-15-5-7-17(23)8-6-15;/h5-8,11-12,24H,3-4,9-10,13-14H2,1-2H3;1H. The Morgan fingerprint density at radius 3 is 2.62 bits per heavy atom. The van der Waals surface area contributed by atoms with Gasteiger partial charge in [0.05, 0.1) is 11.6 Å². The lowest BCUT2D eigenvalue weighted by atomic mass is 10.2. The first kappa shape index (κ1) is 26.2. The highest BCUT2D eigenvalue weighted by molar-refractivity contribution is 7.99. The molecular formula is C21H26Cl2FN5O2S. The van der Waals surface area contributed by atoms with Gasteiger partial charge in [0.2, 0.25) is 5.16 Å². The second kappa shape index (κ2) is 13.5. The van der Waals surface area contributed by atoms with E-state index in [0.717, 1.165) is 35.0 Å². The first-order valence-electron chi connectivity index (χ1n) is 9.95. The number of aryl methyl sites for hydroxylation is 1. The Labute approximate surface area is 202 Å². The zero-order valence-corrected chi connectivity index (χ0v) is 20.3. The molecule has 7 nitrogen and oxygen atoms in total. The zero-order valence-electron chi connectivity index (χ0n) is 17.9. The number of hydrogen-bond donors (Lipinski definition) is 1. The van der Waals surface area contributed by atoms with Crippen molar-refractivity contribution in [2.75, 3.05) is 18.9 Å². The molecule has 3 aromatic rings. The molecule has 1 N–H and O–H groups in total. The molecule has 0 radical (unpaired) electrons. The molecule has 174 valence electrons. The molecule has 0 atom stereocenters. The summed E-state index contributed by atoms with van der Waals surface area (Å²) in [7, 11) is 1.83. The Balaban J connectivity index is 0.00000363. The maximum atomic E-state index is 13.1. The molecule has 1 heterocycles. The fourth-order valence-electron chi connectivity index (χ4n) is 2.80. The number of aromatic nitrogens is 4. The Hall–Kier alpha value is -2.07. The average molecular weight is 502 g/mol. The summed E-state index contributed by atoms with van der Waals surface area (Å²) in [6.45, 7) is 4.19. The number of nitrogens with one attached hydrogen (secondary N) is 1. The molecule has 0 spiro atoms. The fourth-order valence-corrected chi connectivity index (χ4v) is 3.88. The molecule has 1 aromatic heterocycles. The number of benzene rings is 2. The summed E-state index contributed by atoms with van der Waals surface area (Å²) in [6, 6.07) is 9.98. The summed E-state index contributed by atoms with van der Waals surface area (Å²) in [5, 5.41) is 16.1. The Bertz CT molecular complexity index is 975. The van der Waals surface area contributed by atoms with Crippen LogP contribution in [0.25, 0.3) is 0 Å². The molecular weight excluding hydrogens is 476 g/mol. The van der Waals surface area contributed by atoms with E-state index >= 15 is 0 Å². The van der Waals surface area contributed by atoms with E-state index in [4.69, 9.17) is 21.1 Å². The van der Waals surface area contributed by atoms with Crippen molar-refractivity contribution in [3.63, 3.8) is 0 Å². The van der Waals surface area contributed by atoms with Crippen LogP contribution in [0, 0.1) is 5.82 Å². The third-order valence-corrected chi connectivity index (χ3v) is 5.68. The number of halogens is 3. The number of ether oxygens (including phenoxy) is 2. The van der Waals surface area contributed by atoms with Gasteiger partial charge in [0.1, 0.15) is 12.4 Å². The van der Waals surface area contributed by atoms with Crippen molar-refractivity contribution in [1.82, 2.24) is 25.5 Å². The predicted molar refractivity (Wildman–Crippen MR) is 126 cm³/mol. The molecule has 0 unspecified atom stereocenters. The minimum absolute atomic E-state index is 0. The first-order valence-corrected chi connectivity index (χ1v) is 11.3. The summed E-state index contributed by atoms with van der Waals surface area (Å²) < 4.78 is 26.4. The minimum atomic E-state index is -0.280. The highest BCUT2D eigenvalue weighted by atomic mass is 35.5. The zero-order chi connectivity index (χ0) is 22.1. The van der Waals surface area contributed by atoms with Crippen molar-refractivity contribution in [3.05, 3.63) is 58.4 Å². The van der Waals surface area contributed by atoms with Crippen LogP contribution in [0.1, 0.15) is 24.5 Å². The molecule has 32 heavy (non-hydrogen) atoms. The predicted octanol–water partition coefficient (Wildman–Crippen LogP) is 4.67. The van der Waals surface area contributed by atoms with Crippen LogP contribution in [-0.2, 0) is 20.2 Å². The molecule has 0 bridgehead atoms. The van der Waals surface area contributed by atoms with Crippen molar-refractivity contribution in [3.8, 4) is 11.5 Å². The Kier molecular flexibility index (Phi) is 11.0. The van der Waals surface area contributed by atoms with Gasteiger partial charge in [-0.1, -0.05) is 35.5 Å². The fraction of sp³-hybridized carbons (Fsp3) is 0.381. The van der Waals surface area contributed by atoms with E-state index in [0.29, 0.717) is 29.7 Å². The van der Waals surface area contributed by atoms with Crippen LogP contribution >= 0.6 is 35.8 Å². The van der Waals surface area contributed by atoms with Crippen molar-refractivity contribution in [2.24, 2.45) is 7.05 Å². The van der Waals surface area contributed by atoms with Crippen molar-refractivity contribution < 1.29 is 13.9 Å². The van der Waals surface area contributed by atoms with E-state index in [1.165, 1.54) is 12.1 Å². The van der Waals surface area contributed by atoms with Gasteiger partial charge in [0, 0.05) is 19.3 Å². The summed E-state index contributed by atoms with van der Waals surface area (Å²) >= 11 is 8.11. The number of rotatable bonds is 12. The second-order valence-corrected chi connectivity index (χ2v) is 8.19. The molecule has 0 aliphatic rings. The van der Waals surface area contributed by atoms with Crippen LogP contribution in [0.5, 0.6) is 11.5 Å². The number of thioether (sulfide) groups is 1. The van der Waals surface area contributed by atoms with Gasteiger partial charge in [-0.15, -0.1) is 17.5 Å². The second-order valence-electron chi connectivity index (χ2n) is 6.72. The molecule has 0 saturated carbocycles.